The molecule has 1 aliphatic rings. The Hall–Kier alpha value is -3.34. The number of aromatic nitrogens is 3. The van der Waals surface area contributed by atoms with Crippen LogP contribution in [0.4, 0.5) is 5.69 Å². The van der Waals surface area contributed by atoms with Gasteiger partial charge in [-0.25, -0.2) is 4.98 Å². The highest BCUT2D eigenvalue weighted by atomic mass is 16.5. The predicted molar refractivity (Wildman–Crippen MR) is 125 cm³/mol. The number of rotatable bonds is 8. The third-order valence-corrected chi connectivity index (χ3v) is 5.40. The van der Waals surface area contributed by atoms with Crippen molar-refractivity contribution in [3.8, 4) is 17.7 Å². The molecule has 1 aliphatic heterocycles. The van der Waals surface area contributed by atoms with Crippen LogP contribution in [0.15, 0.2) is 48.9 Å². The number of morpholine rings is 1. The second-order valence-corrected chi connectivity index (χ2v) is 7.68. The maximum atomic E-state index is 5.53. The summed E-state index contributed by atoms with van der Waals surface area (Å²) in [7, 11) is 1.61. The minimum atomic E-state index is 0.588. The Bertz CT molecular complexity index is 1030. The molecule has 32 heavy (non-hydrogen) atoms. The molecule has 1 fully saturated rings. The number of H-pyrrole nitrogens is 1. The van der Waals surface area contributed by atoms with Gasteiger partial charge < -0.3 is 19.7 Å². The molecular formula is C25H29N5O2. The van der Waals surface area contributed by atoms with Crippen molar-refractivity contribution in [3.63, 3.8) is 0 Å². The molecule has 1 aromatic carbocycles. The first kappa shape index (κ1) is 21.9. The third kappa shape index (κ3) is 6.10. The van der Waals surface area contributed by atoms with Crippen molar-refractivity contribution < 1.29 is 9.47 Å². The normalized spacial score (nSPS) is 13.5. The first-order valence-corrected chi connectivity index (χ1v) is 11.0. The number of hydrogen-bond acceptors (Lipinski definition) is 6. The fourth-order valence-corrected chi connectivity index (χ4v) is 3.65. The molecule has 0 radical (unpaired) electrons. The van der Waals surface area contributed by atoms with Gasteiger partial charge in [0.1, 0.15) is 0 Å². The summed E-state index contributed by atoms with van der Waals surface area (Å²) in [5, 5.41) is 10.4. The molecule has 7 heteroatoms. The zero-order valence-corrected chi connectivity index (χ0v) is 18.4. The minimum absolute atomic E-state index is 0.588. The molecule has 0 spiro atoms. The molecular weight excluding hydrogens is 402 g/mol. The molecule has 3 aromatic rings. The number of aryl methyl sites for hydroxylation is 1. The van der Waals surface area contributed by atoms with E-state index >= 15 is 0 Å². The van der Waals surface area contributed by atoms with E-state index in [1.54, 1.807) is 13.3 Å². The van der Waals surface area contributed by atoms with Crippen LogP contribution in [0.5, 0.6) is 5.88 Å². The summed E-state index contributed by atoms with van der Waals surface area (Å²) in [6.07, 6.45) is 7.67. The molecule has 4 rings (SSSR count). The summed E-state index contributed by atoms with van der Waals surface area (Å²) in [5.74, 6) is 7.22. The van der Waals surface area contributed by atoms with Crippen molar-refractivity contribution in [2.75, 3.05) is 44.9 Å². The van der Waals surface area contributed by atoms with E-state index in [0.717, 1.165) is 69.0 Å². The Morgan fingerprint density at radius 3 is 2.78 bits per heavy atom. The van der Waals surface area contributed by atoms with E-state index < -0.39 is 0 Å². The second-order valence-electron chi connectivity index (χ2n) is 7.68. The summed E-state index contributed by atoms with van der Waals surface area (Å²) in [4.78, 5) is 6.60. The summed E-state index contributed by atoms with van der Waals surface area (Å²) in [5.41, 5.74) is 5.52. The number of benzene rings is 1. The van der Waals surface area contributed by atoms with Crippen molar-refractivity contribution in [1.82, 2.24) is 20.5 Å². The molecule has 2 aromatic heterocycles. The number of aromatic amines is 1. The zero-order chi connectivity index (χ0) is 22.0. The lowest BCUT2D eigenvalue weighted by Crippen LogP contribution is -2.36. The molecule has 3 heterocycles. The summed E-state index contributed by atoms with van der Waals surface area (Å²) < 4.78 is 10.7. The van der Waals surface area contributed by atoms with Crippen LogP contribution < -0.4 is 15.0 Å². The second kappa shape index (κ2) is 11.3. The van der Waals surface area contributed by atoms with Gasteiger partial charge >= 0.3 is 0 Å². The Morgan fingerprint density at radius 1 is 1.12 bits per heavy atom. The smallest absolute Gasteiger partial charge is 0.212 e. The van der Waals surface area contributed by atoms with Gasteiger partial charge in [0, 0.05) is 49.2 Å². The number of hydrogen-bond donors (Lipinski definition) is 2. The van der Waals surface area contributed by atoms with Crippen LogP contribution in [0.3, 0.4) is 0 Å². The van der Waals surface area contributed by atoms with Crippen molar-refractivity contribution >= 4 is 5.69 Å². The van der Waals surface area contributed by atoms with Crippen molar-refractivity contribution in [3.05, 3.63) is 71.2 Å². The lowest BCUT2D eigenvalue weighted by Gasteiger charge is -2.30. The van der Waals surface area contributed by atoms with E-state index in [-0.39, 0.29) is 0 Å². The fourth-order valence-electron chi connectivity index (χ4n) is 3.65. The Labute approximate surface area is 189 Å². The van der Waals surface area contributed by atoms with Gasteiger partial charge in [-0.3, -0.25) is 5.10 Å². The van der Waals surface area contributed by atoms with Gasteiger partial charge in [0.05, 0.1) is 32.2 Å². The average Bonchev–Trinajstić information content (AvgIpc) is 3.37. The standard InChI is InChI=1S/C25H29N5O2/c1-31-25-9-6-20(17-27-25)4-7-23-15-21(5-8-24(23)30-11-13-32-14-12-30)16-26-10-2-3-22-18-28-29-19-22/h5-6,8-9,15,17-19,26H,2-3,10-14,16H2,1H3,(H,28,29). The first-order valence-electron chi connectivity index (χ1n) is 11.0. The van der Waals surface area contributed by atoms with Gasteiger partial charge in [-0.15, -0.1) is 0 Å². The van der Waals surface area contributed by atoms with E-state index in [2.05, 4.69) is 55.4 Å². The van der Waals surface area contributed by atoms with E-state index in [9.17, 15) is 0 Å². The third-order valence-electron chi connectivity index (χ3n) is 5.40. The SMILES string of the molecule is COc1ccc(C#Cc2cc(CNCCCc3cn[nH]c3)ccc2N2CCOCC2)cn1. The molecule has 1 saturated heterocycles. The van der Waals surface area contributed by atoms with Crippen LogP contribution in [0.1, 0.15) is 28.7 Å². The summed E-state index contributed by atoms with van der Waals surface area (Å²) in [6.45, 7) is 5.02. The molecule has 0 unspecified atom stereocenters. The van der Waals surface area contributed by atoms with Crippen LogP contribution in [0.2, 0.25) is 0 Å². The molecule has 0 atom stereocenters. The fraction of sp³-hybridized carbons (Fsp3) is 0.360. The Kier molecular flexibility index (Phi) is 7.74. The number of ether oxygens (including phenoxy) is 2. The van der Waals surface area contributed by atoms with E-state index in [1.807, 2.05) is 24.5 Å². The molecule has 0 bridgehead atoms. The van der Waals surface area contributed by atoms with E-state index in [0.29, 0.717) is 5.88 Å². The Morgan fingerprint density at radius 2 is 2.03 bits per heavy atom. The number of methoxy groups -OCH3 is 1. The van der Waals surface area contributed by atoms with E-state index in [4.69, 9.17) is 9.47 Å². The monoisotopic (exact) mass is 431 g/mol. The van der Waals surface area contributed by atoms with Gasteiger partial charge in [0.15, 0.2) is 0 Å². The van der Waals surface area contributed by atoms with Crippen molar-refractivity contribution in [2.24, 2.45) is 0 Å². The highest BCUT2D eigenvalue weighted by Crippen LogP contribution is 2.23. The molecule has 0 aliphatic carbocycles. The quantitative estimate of drug-likeness (QED) is 0.422. The molecule has 0 saturated carbocycles. The highest BCUT2D eigenvalue weighted by molar-refractivity contribution is 5.63. The van der Waals surface area contributed by atoms with Crippen LogP contribution in [-0.4, -0.2) is 55.1 Å². The number of anilines is 1. The maximum absolute atomic E-state index is 5.53. The van der Waals surface area contributed by atoms with Gasteiger partial charge in [-0.1, -0.05) is 17.9 Å². The number of pyridine rings is 1. The molecule has 2 N–H and O–H groups in total. The van der Waals surface area contributed by atoms with Gasteiger partial charge in [-0.2, -0.15) is 5.10 Å². The van der Waals surface area contributed by atoms with Gasteiger partial charge in [0.25, 0.3) is 0 Å². The summed E-state index contributed by atoms with van der Waals surface area (Å²) >= 11 is 0. The zero-order valence-electron chi connectivity index (χ0n) is 18.4. The predicted octanol–water partition coefficient (Wildman–Crippen LogP) is 2.77. The maximum Gasteiger partial charge on any atom is 0.212 e. The van der Waals surface area contributed by atoms with Crippen molar-refractivity contribution in [1.29, 1.82) is 0 Å². The topological polar surface area (TPSA) is 75.3 Å². The van der Waals surface area contributed by atoms with Crippen LogP contribution in [-0.2, 0) is 17.7 Å². The van der Waals surface area contributed by atoms with Crippen LogP contribution >= 0.6 is 0 Å². The number of nitrogens with zero attached hydrogens (tertiary/aromatic N) is 3. The van der Waals surface area contributed by atoms with E-state index in [1.165, 1.54) is 11.1 Å². The van der Waals surface area contributed by atoms with Gasteiger partial charge in [0.2, 0.25) is 5.88 Å². The van der Waals surface area contributed by atoms with Crippen LogP contribution in [0.25, 0.3) is 0 Å². The van der Waals surface area contributed by atoms with Crippen LogP contribution in [0, 0.1) is 11.8 Å². The highest BCUT2D eigenvalue weighted by Gasteiger charge is 2.14. The molecule has 166 valence electrons. The van der Waals surface area contributed by atoms with Crippen molar-refractivity contribution in [2.45, 2.75) is 19.4 Å². The lowest BCUT2D eigenvalue weighted by atomic mass is 10.1. The summed E-state index contributed by atoms with van der Waals surface area (Å²) in [6, 6.07) is 10.3. The first-order chi connectivity index (χ1) is 15.8. The average molecular weight is 432 g/mol. The Balaban J connectivity index is 1.44. The number of nitrogens with one attached hydrogen (secondary N) is 2. The minimum Gasteiger partial charge on any atom is -0.481 e. The van der Waals surface area contributed by atoms with Gasteiger partial charge in [-0.05, 0) is 48.7 Å². The largest absolute Gasteiger partial charge is 0.481 e. The lowest BCUT2D eigenvalue weighted by molar-refractivity contribution is 0.122. The molecule has 0 amide bonds. The molecule has 7 nitrogen and oxygen atoms in total.